The SMILES string of the molecule is CCCOC(=O)c1cc(N(C)C(=O)C(F)(F)F)ccc1N1CCCC1. The van der Waals surface area contributed by atoms with Gasteiger partial charge in [0.1, 0.15) is 0 Å². The lowest BCUT2D eigenvalue weighted by Crippen LogP contribution is -2.38. The second-order valence-corrected chi connectivity index (χ2v) is 5.89. The van der Waals surface area contributed by atoms with Crippen LogP contribution in [-0.2, 0) is 9.53 Å². The lowest BCUT2D eigenvalue weighted by Gasteiger charge is -2.24. The molecule has 0 aromatic heterocycles. The maximum atomic E-state index is 12.6. The fraction of sp³-hybridized carbons (Fsp3) is 0.529. The number of carbonyl (C=O) groups is 2. The molecule has 5 nitrogen and oxygen atoms in total. The molecule has 0 bridgehead atoms. The number of amides is 1. The van der Waals surface area contributed by atoms with E-state index in [1.54, 1.807) is 6.07 Å². The standard InChI is InChI=1S/C17H21F3N2O3/c1-3-10-25-15(23)13-11-12(21(2)16(24)17(18,19)20)6-7-14(13)22-8-4-5-9-22/h6-7,11H,3-5,8-10H2,1-2H3. The van der Waals surface area contributed by atoms with Crippen LogP contribution in [0.25, 0.3) is 0 Å². The third-order valence-electron chi connectivity index (χ3n) is 4.02. The molecule has 1 fully saturated rings. The Morgan fingerprint density at radius 3 is 2.44 bits per heavy atom. The van der Waals surface area contributed by atoms with E-state index in [1.807, 2.05) is 11.8 Å². The molecule has 1 aliphatic heterocycles. The zero-order valence-electron chi connectivity index (χ0n) is 14.2. The van der Waals surface area contributed by atoms with Gasteiger partial charge in [0.2, 0.25) is 0 Å². The minimum absolute atomic E-state index is 0.00581. The molecule has 1 aromatic rings. The molecular weight excluding hydrogens is 337 g/mol. The number of hydrogen-bond acceptors (Lipinski definition) is 4. The highest BCUT2D eigenvalue weighted by molar-refractivity contribution is 6.01. The van der Waals surface area contributed by atoms with Crippen LogP contribution in [0.1, 0.15) is 36.5 Å². The Balaban J connectivity index is 2.37. The highest BCUT2D eigenvalue weighted by atomic mass is 19.4. The summed E-state index contributed by atoms with van der Waals surface area (Å²) in [5.74, 6) is -2.59. The number of halogens is 3. The average molecular weight is 358 g/mol. The molecule has 138 valence electrons. The number of anilines is 2. The van der Waals surface area contributed by atoms with Crippen molar-refractivity contribution < 1.29 is 27.5 Å². The first kappa shape index (κ1) is 19.1. The first-order valence-corrected chi connectivity index (χ1v) is 8.16. The maximum Gasteiger partial charge on any atom is 0.471 e. The molecule has 25 heavy (non-hydrogen) atoms. The Morgan fingerprint density at radius 1 is 1.24 bits per heavy atom. The van der Waals surface area contributed by atoms with Crippen molar-refractivity contribution in [2.24, 2.45) is 0 Å². The molecule has 1 heterocycles. The fourth-order valence-corrected chi connectivity index (χ4v) is 2.71. The van der Waals surface area contributed by atoms with E-state index in [4.69, 9.17) is 4.74 Å². The zero-order valence-corrected chi connectivity index (χ0v) is 14.2. The van der Waals surface area contributed by atoms with E-state index >= 15 is 0 Å². The van der Waals surface area contributed by atoms with Gasteiger partial charge in [0.25, 0.3) is 0 Å². The predicted octanol–water partition coefficient (Wildman–Crippen LogP) is 3.38. The molecular formula is C17H21F3N2O3. The summed E-state index contributed by atoms with van der Waals surface area (Å²) in [6.07, 6.45) is -2.38. The Hall–Kier alpha value is -2.25. The molecule has 8 heteroatoms. The van der Waals surface area contributed by atoms with Gasteiger partial charge < -0.3 is 14.5 Å². The van der Waals surface area contributed by atoms with Crippen molar-refractivity contribution in [3.8, 4) is 0 Å². The molecule has 2 rings (SSSR count). The van der Waals surface area contributed by atoms with E-state index in [0.29, 0.717) is 17.0 Å². The Kier molecular flexibility index (Phi) is 5.92. The van der Waals surface area contributed by atoms with Gasteiger partial charge in [0.05, 0.1) is 17.9 Å². The van der Waals surface area contributed by atoms with Gasteiger partial charge in [-0.1, -0.05) is 6.92 Å². The number of ether oxygens (including phenoxy) is 1. The average Bonchev–Trinajstić information content (AvgIpc) is 3.11. The van der Waals surface area contributed by atoms with Crippen molar-refractivity contribution in [2.45, 2.75) is 32.4 Å². The molecule has 1 aromatic carbocycles. The van der Waals surface area contributed by atoms with E-state index in [1.165, 1.54) is 12.1 Å². The first-order chi connectivity index (χ1) is 11.8. The van der Waals surface area contributed by atoms with Crippen molar-refractivity contribution >= 4 is 23.3 Å². The summed E-state index contributed by atoms with van der Waals surface area (Å²) >= 11 is 0. The topological polar surface area (TPSA) is 49.9 Å². The quantitative estimate of drug-likeness (QED) is 0.757. The predicted molar refractivity (Wildman–Crippen MR) is 87.9 cm³/mol. The molecule has 1 amide bonds. The number of carbonyl (C=O) groups excluding carboxylic acids is 2. The monoisotopic (exact) mass is 358 g/mol. The zero-order chi connectivity index (χ0) is 18.6. The van der Waals surface area contributed by atoms with Crippen LogP contribution in [0.15, 0.2) is 18.2 Å². The van der Waals surface area contributed by atoms with Crippen LogP contribution in [-0.4, -0.2) is 44.8 Å². The Morgan fingerprint density at radius 2 is 1.88 bits per heavy atom. The van der Waals surface area contributed by atoms with Crippen molar-refractivity contribution in [2.75, 3.05) is 36.5 Å². The molecule has 0 N–H and O–H groups in total. The van der Waals surface area contributed by atoms with Crippen LogP contribution in [0.3, 0.4) is 0 Å². The number of benzene rings is 1. The lowest BCUT2D eigenvalue weighted by molar-refractivity contribution is -0.170. The van der Waals surface area contributed by atoms with Gasteiger partial charge in [-0.2, -0.15) is 13.2 Å². The molecule has 1 saturated heterocycles. The third-order valence-corrected chi connectivity index (χ3v) is 4.02. The number of nitrogens with zero attached hydrogens (tertiary/aromatic N) is 2. The first-order valence-electron chi connectivity index (χ1n) is 8.16. The highest BCUT2D eigenvalue weighted by Gasteiger charge is 2.42. The van der Waals surface area contributed by atoms with Gasteiger partial charge >= 0.3 is 18.1 Å². The van der Waals surface area contributed by atoms with Crippen molar-refractivity contribution in [3.05, 3.63) is 23.8 Å². The van der Waals surface area contributed by atoms with Gasteiger partial charge in [-0.3, -0.25) is 4.79 Å². The van der Waals surface area contributed by atoms with Crippen LogP contribution in [0.2, 0.25) is 0 Å². The summed E-state index contributed by atoms with van der Waals surface area (Å²) in [6.45, 7) is 3.61. The minimum Gasteiger partial charge on any atom is -0.462 e. The van der Waals surface area contributed by atoms with E-state index in [2.05, 4.69) is 0 Å². The van der Waals surface area contributed by atoms with Crippen LogP contribution in [0.5, 0.6) is 0 Å². The summed E-state index contributed by atoms with van der Waals surface area (Å²) in [7, 11) is 1.03. The van der Waals surface area contributed by atoms with E-state index in [9.17, 15) is 22.8 Å². The second kappa shape index (κ2) is 7.76. The molecule has 0 unspecified atom stereocenters. The molecule has 0 saturated carbocycles. The van der Waals surface area contributed by atoms with Crippen LogP contribution in [0, 0.1) is 0 Å². The van der Waals surface area contributed by atoms with Crippen molar-refractivity contribution in [1.82, 2.24) is 0 Å². The van der Waals surface area contributed by atoms with Gasteiger partial charge in [0, 0.05) is 25.8 Å². The van der Waals surface area contributed by atoms with Crippen LogP contribution < -0.4 is 9.80 Å². The number of alkyl halides is 3. The summed E-state index contributed by atoms with van der Waals surface area (Å²) in [6, 6.07) is 4.27. The Bertz CT molecular complexity index is 641. The summed E-state index contributed by atoms with van der Waals surface area (Å²) in [4.78, 5) is 26.3. The molecule has 0 aliphatic carbocycles. The lowest BCUT2D eigenvalue weighted by atomic mass is 10.1. The third kappa shape index (κ3) is 4.43. The number of hydrogen-bond donors (Lipinski definition) is 0. The molecule has 1 aliphatic rings. The minimum atomic E-state index is -4.98. The van der Waals surface area contributed by atoms with Gasteiger partial charge in [0.15, 0.2) is 0 Å². The maximum absolute atomic E-state index is 12.6. The normalized spacial score (nSPS) is 14.5. The van der Waals surface area contributed by atoms with Crippen LogP contribution >= 0.6 is 0 Å². The van der Waals surface area contributed by atoms with Gasteiger partial charge in [-0.15, -0.1) is 0 Å². The van der Waals surface area contributed by atoms with E-state index < -0.39 is 18.1 Å². The van der Waals surface area contributed by atoms with E-state index in [0.717, 1.165) is 33.0 Å². The summed E-state index contributed by atoms with van der Waals surface area (Å²) < 4.78 is 43.1. The summed E-state index contributed by atoms with van der Waals surface area (Å²) in [5.41, 5.74) is 0.790. The van der Waals surface area contributed by atoms with Gasteiger partial charge in [-0.05, 0) is 37.5 Å². The van der Waals surface area contributed by atoms with Gasteiger partial charge in [-0.25, -0.2) is 4.79 Å². The second-order valence-electron chi connectivity index (χ2n) is 5.89. The number of esters is 1. The molecule has 0 radical (unpaired) electrons. The molecule has 0 spiro atoms. The van der Waals surface area contributed by atoms with Crippen LogP contribution in [0.4, 0.5) is 24.5 Å². The summed E-state index contributed by atoms with van der Waals surface area (Å²) in [5, 5.41) is 0. The Labute approximate surface area is 144 Å². The highest BCUT2D eigenvalue weighted by Crippen LogP contribution is 2.31. The van der Waals surface area contributed by atoms with E-state index in [-0.39, 0.29) is 17.9 Å². The smallest absolute Gasteiger partial charge is 0.462 e. The number of rotatable bonds is 5. The largest absolute Gasteiger partial charge is 0.471 e. The van der Waals surface area contributed by atoms with Crippen molar-refractivity contribution in [1.29, 1.82) is 0 Å². The van der Waals surface area contributed by atoms with Crippen molar-refractivity contribution in [3.63, 3.8) is 0 Å². The fourth-order valence-electron chi connectivity index (χ4n) is 2.71. The molecule has 0 atom stereocenters.